The molecule has 7 heteroatoms. The Morgan fingerprint density at radius 1 is 1.08 bits per heavy atom. The molecule has 0 heterocycles. The number of hydrogen-bond donors (Lipinski definition) is 1. The summed E-state index contributed by atoms with van der Waals surface area (Å²) in [6, 6.07) is 16.5. The lowest BCUT2D eigenvalue weighted by Gasteiger charge is -2.08. The highest BCUT2D eigenvalue weighted by Gasteiger charge is 2.17. The minimum Gasteiger partial charge on any atom is -0.476 e. The van der Waals surface area contributed by atoms with Gasteiger partial charge in [-0.05, 0) is 11.1 Å². The van der Waals surface area contributed by atoms with Crippen molar-refractivity contribution in [3.05, 3.63) is 71.3 Å². The quantitative estimate of drug-likeness (QED) is 0.430. The summed E-state index contributed by atoms with van der Waals surface area (Å²) in [6.45, 7) is 0.450. The van der Waals surface area contributed by atoms with Crippen LogP contribution in [0.1, 0.15) is 16.7 Å². The van der Waals surface area contributed by atoms with Crippen LogP contribution in [0.25, 0.3) is 0 Å². The van der Waals surface area contributed by atoms with Crippen molar-refractivity contribution in [2.24, 2.45) is 10.3 Å². The van der Waals surface area contributed by atoms with E-state index in [-0.39, 0.29) is 12.3 Å². The second-order valence-corrected chi connectivity index (χ2v) is 4.87. The van der Waals surface area contributed by atoms with Crippen molar-refractivity contribution in [1.29, 1.82) is 0 Å². The van der Waals surface area contributed by atoms with Gasteiger partial charge in [0, 0.05) is 5.56 Å². The molecule has 0 radical (unpaired) electrons. The number of benzene rings is 2. The van der Waals surface area contributed by atoms with E-state index in [4.69, 9.17) is 9.57 Å². The third kappa shape index (κ3) is 5.65. The lowest BCUT2D eigenvalue weighted by Crippen LogP contribution is -2.17. The summed E-state index contributed by atoms with van der Waals surface area (Å²) in [6.07, 6.45) is 1.17. The van der Waals surface area contributed by atoms with E-state index < -0.39 is 5.97 Å². The molecule has 0 aliphatic carbocycles. The van der Waals surface area contributed by atoms with E-state index >= 15 is 0 Å². The number of carboxylic acids is 1. The molecular weight excluding hydrogens is 324 g/mol. The lowest BCUT2D eigenvalue weighted by atomic mass is 10.0. The first-order chi connectivity index (χ1) is 12.2. The van der Waals surface area contributed by atoms with Crippen LogP contribution >= 0.6 is 0 Å². The van der Waals surface area contributed by atoms with Crippen LogP contribution in [0.3, 0.4) is 0 Å². The third-order valence-electron chi connectivity index (χ3n) is 3.16. The average Bonchev–Trinajstić information content (AvgIpc) is 2.63. The predicted octanol–water partition coefficient (Wildman–Crippen LogP) is 2.80. The number of aliphatic carboxylic acids is 1. The zero-order valence-electron chi connectivity index (χ0n) is 13.7. The molecule has 1 N–H and O–H groups in total. The summed E-state index contributed by atoms with van der Waals surface area (Å²) < 4.78 is 5.30. The van der Waals surface area contributed by atoms with Crippen LogP contribution in [0.15, 0.2) is 64.9 Å². The Bertz CT molecular complexity index is 744. The summed E-state index contributed by atoms with van der Waals surface area (Å²) in [5.74, 6) is -1.19. The Morgan fingerprint density at radius 2 is 1.80 bits per heavy atom. The molecule has 0 aromatic heterocycles. The van der Waals surface area contributed by atoms with Gasteiger partial charge in [0.05, 0.1) is 0 Å². The molecule has 25 heavy (non-hydrogen) atoms. The summed E-state index contributed by atoms with van der Waals surface area (Å²) in [4.78, 5) is 21.0. The molecule has 2 aromatic rings. The first-order valence-corrected chi connectivity index (χ1v) is 7.44. The van der Waals surface area contributed by atoms with Crippen LogP contribution in [0.4, 0.5) is 0 Å². The van der Waals surface area contributed by atoms with E-state index in [1.165, 1.54) is 13.5 Å². The highest BCUT2D eigenvalue weighted by molar-refractivity contribution is 6.42. The van der Waals surface area contributed by atoms with Gasteiger partial charge < -0.3 is 19.5 Å². The third-order valence-corrected chi connectivity index (χ3v) is 3.16. The topological polar surface area (TPSA) is 89.7 Å². The zero-order chi connectivity index (χ0) is 17.9. The molecule has 2 aromatic carbocycles. The van der Waals surface area contributed by atoms with Gasteiger partial charge in [0.15, 0.2) is 5.71 Å². The standard InChI is InChI=1S/C18H18N2O5/c1-23-20-17(18(21)22)16-10-6-5-9-15(16)12-24-13-19-25-11-14-7-3-2-4-8-14/h2-10,13H,11-12H2,1H3,(H,21,22). The molecule has 0 atom stereocenters. The molecule has 0 fully saturated rings. The van der Waals surface area contributed by atoms with Crippen LogP contribution in [0.5, 0.6) is 0 Å². The maximum Gasteiger partial charge on any atom is 0.358 e. The average molecular weight is 342 g/mol. The largest absolute Gasteiger partial charge is 0.476 e. The van der Waals surface area contributed by atoms with Crippen LogP contribution in [0.2, 0.25) is 0 Å². The summed E-state index contributed by atoms with van der Waals surface area (Å²) in [5.41, 5.74) is 1.84. The molecule has 0 spiro atoms. The molecule has 0 saturated carbocycles. The van der Waals surface area contributed by atoms with E-state index in [0.717, 1.165) is 5.56 Å². The minimum atomic E-state index is -1.19. The zero-order valence-corrected chi connectivity index (χ0v) is 13.7. The van der Waals surface area contributed by atoms with Crippen molar-refractivity contribution in [3.8, 4) is 0 Å². The van der Waals surface area contributed by atoms with Crippen molar-refractivity contribution in [2.75, 3.05) is 7.11 Å². The molecular formula is C18H18N2O5. The highest BCUT2D eigenvalue weighted by Crippen LogP contribution is 2.12. The van der Waals surface area contributed by atoms with Gasteiger partial charge in [-0.3, -0.25) is 0 Å². The van der Waals surface area contributed by atoms with Gasteiger partial charge in [-0.15, -0.1) is 0 Å². The fraction of sp³-hybridized carbons (Fsp3) is 0.167. The molecule has 2 rings (SSSR count). The smallest absolute Gasteiger partial charge is 0.358 e. The summed E-state index contributed by atoms with van der Waals surface area (Å²) in [5, 5.41) is 16.5. The monoisotopic (exact) mass is 342 g/mol. The van der Waals surface area contributed by atoms with Crippen molar-refractivity contribution >= 4 is 18.1 Å². The Kier molecular flexibility index (Phi) is 6.99. The molecule has 0 saturated heterocycles. The number of ether oxygens (including phenoxy) is 1. The Balaban J connectivity index is 1.91. The van der Waals surface area contributed by atoms with Crippen molar-refractivity contribution in [2.45, 2.75) is 13.2 Å². The van der Waals surface area contributed by atoms with E-state index in [0.29, 0.717) is 17.7 Å². The highest BCUT2D eigenvalue weighted by atomic mass is 16.6. The Labute approximate surface area is 145 Å². The van der Waals surface area contributed by atoms with Crippen LogP contribution < -0.4 is 0 Å². The summed E-state index contributed by atoms with van der Waals surface area (Å²) in [7, 11) is 1.29. The molecule has 7 nitrogen and oxygen atoms in total. The number of rotatable bonds is 9. The molecule has 0 aliphatic rings. The van der Waals surface area contributed by atoms with Crippen LogP contribution in [-0.2, 0) is 32.4 Å². The second-order valence-electron chi connectivity index (χ2n) is 4.87. The Morgan fingerprint density at radius 3 is 2.52 bits per heavy atom. The fourth-order valence-electron chi connectivity index (χ4n) is 2.05. The van der Waals surface area contributed by atoms with Gasteiger partial charge in [-0.1, -0.05) is 64.9 Å². The first kappa shape index (κ1) is 18.0. The van der Waals surface area contributed by atoms with Gasteiger partial charge in [-0.2, -0.15) is 0 Å². The molecule has 0 aliphatic heterocycles. The molecule has 130 valence electrons. The van der Waals surface area contributed by atoms with Gasteiger partial charge in [0.1, 0.15) is 20.3 Å². The number of nitrogens with zero attached hydrogens (tertiary/aromatic N) is 2. The first-order valence-electron chi connectivity index (χ1n) is 7.44. The maximum absolute atomic E-state index is 11.3. The van der Waals surface area contributed by atoms with Crippen molar-refractivity contribution < 1.29 is 24.3 Å². The Hall–Kier alpha value is -3.35. The number of carboxylic acid groups (broad SMARTS) is 1. The van der Waals surface area contributed by atoms with Gasteiger partial charge >= 0.3 is 5.97 Å². The lowest BCUT2D eigenvalue weighted by molar-refractivity contribution is -0.129. The van der Waals surface area contributed by atoms with Gasteiger partial charge in [0.2, 0.25) is 6.40 Å². The van der Waals surface area contributed by atoms with Crippen molar-refractivity contribution in [3.63, 3.8) is 0 Å². The minimum absolute atomic E-state index is 0.115. The van der Waals surface area contributed by atoms with E-state index in [9.17, 15) is 9.90 Å². The fourth-order valence-corrected chi connectivity index (χ4v) is 2.05. The number of hydrogen-bond acceptors (Lipinski definition) is 6. The maximum atomic E-state index is 11.3. The predicted molar refractivity (Wildman–Crippen MR) is 92.1 cm³/mol. The molecule has 0 amide bonds. The second kappa shape index (κ2) is 9.71. The number of oxime groups is 2. The molecule has 0 bridgehead atoms. The van der Waals surface area contributed by atoms with Crippen LogP contribution in [0, 0.1) is 0 Å². The SMILES string of the molecule is CON=C(C(=O)O)c1ccccc1COC=NOCc1ccccc1. The van der Waals surface area contributed by atoms with E-state index in [2.05, 4.69) is 15.1 Å². The van der Waals surface area contributed by atoms with E-state index in [1.54, 1.807) is 24.3 Å². The van der Waals surface area contributed by atoms with Crippen LogP contribution in [-0.4, -0.2) is 30.3 Å². The van der Waals surface area contributed by atoms with Gasteiger partial charge in [-0.25, -0.2) is 4.79 Å². The van der Waals surface area contributed by atoms with Gasteiger partial charge in [0.25, 0.3) is 0 Å². The van der Waals surface area contributed by atoms with Crippen molar-refractivity contribution in [1.82, 2.24) is 0 Å². The summed E-state index contributed by atoms with van der Waals surface area (Å²) >= 11 is 0. The normalized spacial score (nSPS) is 11.3. The number of carbonyl (C=O) groups is 1. The van der Waals surface area contributed by atoms with E-state index in [1.807, 2.05) is 30.3 Å². The molecule has 0 unspecified atom stereocenters.